The number of methoxy groups -OCH3 is 1. The van der Waals surface area contributed by atoms with E-state index in [1.54, 1.807) is 12.3 Å². The van der Waals surface area contributed by atoms with Crippen molar-refractivity contribution in [1.29, 1.82) is 0 Å². The van der Waals surface area contributed by atoms with Gasteiger partial charge >= 0.3 is 0 Å². The summed E-state index contributed by atoms with van der Waals surface area (Å²) in [5.74, 6) is 0.780. The van der Waals surface area contributed by atoms with E-state index in [1.807, 2.05) is 6.07 Å². The normalized spacial score (nSPS) is 15.6. The lowest BCUT2D eigenvalue weighted by Crippen LogP contribution is -2.39. The van der Waals surface area contributed by atoms with Gasteiger partial charge in [-0.1, -0.05) is 0 Å². The fraction of sp³-hybridized carbons (Fsp3) is 0.556. The highest BCUT2D eigenvalue weighted by Gasteiger charge is 2.15. The molecular formula is C9H15NO3. The van der Waals surface area contributed by atoms with Crippen LogP contribution in [-0.2, 0) is 11.2 Å². The van der Waals surface area contributed by atoms with E-state index in [0.717, 1.165) is 5.76 Å². The van der Waals surface area contributed by atoms with Crippen molar-refractivity contribution in [1.82, 2.24) is 0 Å². The van der Waals surface area contributed by atoms with Gasteiger partial charge in [0.25, 0.3) is 0 Å². The predicted molar refractivity (Wildman–Crippen MR) is 48.3 cm³/mol. The predicted octanol–water partition coefficient (Wildman–Crippen LogP) is 0.157. The van der Waals surface area contributed by atoms with E-state index in [2.05, 4.69) is 0 Å². The zero-order valence-electron chi connectivity index (χ0n) is 7.64. The monoisotopic (exact) mass is 185 g/mol. The number of aliphatic hydroxyl groups excluding tert-OH is 1. The van der Waals surface area contributed by atoms with Gasteiger partial charge in [-0.2, -0.15) is 0 Å². The molecule has 0 amide bonds. The Balaban J connectivity index is 2.36. The van der Waals surface area contributed by atoms with Gasteiger partial charge in [-0.05, 0) is 12.1 Å². The average molecular weight is 185 g/mol. The largest absolute Gasteiger partial charge is 0.469 e. The summed E-state index contributed by atoms with van der Waals surface area (Å²) in [7, 11) is 1.53. The van der Waals surface area contributed by atoms with E-state index in [4.69, 9.17) is 14.9 Å². The first-order valence-electron chi connectivity index (χ1n) is 4.19. The number of nitrogens with two attached hydrogens (primary N) is 1. The summed E-state index contributed by atoms with van der Waals surface area (Å²) in [6.45, 7) is 0.252. The van der Waals surface area contributed by atoms with Crippen LogP contribution in [-0.4, -0.2) is 31.0 Å². The summed E-state index contributed by atoms with van der Waals surface area (Å²) in [6, 6.07) is 3.29. The van der Waals surface area contributed by atoms with Crippen LogP contribution in [0.5, 0.6) is 0 Å². The zero-order valence-corrected chi connectivity index (χ0v) is 7.64. The second-order valence-corrected chi connectivity index (χ2v) is 2.97. The standard InChI is InChI=1S/C9H15NO3/c1-12-6-9(11)8(10)5-7-3-2-4-13-7/h2-4,8-9,11H,5-6,10H2,1H3. The molecule has 1 rings (SSSR count). The smallest absolute Gasteiger partial charge is 0.105 e. The summed E-state index contributed by atoms with van der Waals surface area (Å²) in [6.07, 6.45) is 1.47. The van der Waals surface area contributed by atoms with Gasteiger partial charge in [0.05, 0.1) is 19.0 Å². The lowest BCUT2D eigenvalue weighted by Gasteiger charge is -2.16. The van der Waals surface area contributed by atoms with E-state index in [0.29, 0.717) is 6.42 Å². The van der Waals surface area contributed by atoms with Crippen molar-refractivity contribution >= 4 is 0 Å². The van der Waals surface area contributed by atoms with Crippen LogP contribution in [0.4, 0.5) is 0 Å². The molecule has 1 aromatic heterocycles. The Hall–Kier alpha value is -0.840. The highest BCUT2D eigenvalue weighted by molar-refractivity contribution is 5.00. The number of rotatable bonds is 5. The van der Waals surface area contributed by atoms with Crippen molar-refractivity contribution in [2.24, 2.45) is 5.73 Å². The summed E-state index contributed by atoms with van der Waals surface area (Å²) in [5.41, 5.74) is 5.70. The van der Waals surface area contributed by atoms with Crippen molar-refractivity contribution < 1.29 is 14.3 Å². The zero-order chi connectivity index (χ0) is 9.68. The third-order valence-corrected chi connectivity index (χ3v) is 1.85. The summed E-state index contributed by atoms with van der Waals surface area (Å²) in [4.78, 5) is 0. The Kier molecular flexibility index (Phi) is 3.95. The molecule has 0 aliphatic rings. The number of furan rings is 1. The minimum absolute atomic E-state index is 0.252. The van der Waals surface area contributed by atoms with Crippen LogP contribution in [0.25, 0.3) is 0 Å². The molecule has 13 heavy (non-hydrogen) atoms. The maximum Gasteiger partial charge on any atom is 0.105 e. The van der Waals surface area contributed by atoms with Crippen molar-refractivity contribution in [2.75, 3.05) is 13.7 Å². The van der Waals surface area contributed by atoms with Crippen LogP contribution in [0, 0.1) is 0 Å². The van der Waals surface area contributed by atoms with Gasteiger partial charge in [-0.25, -0.2) is 0 Å². The maximum absolute atomic E-state index is 9.42. The molecule has 0 aromatic carbocycles. The lowest BCUT2D eigenvalue weighted by atomic mass is 10.1. The van der Waals surface area contributed by atoms with Crippen LogP contribution < -0.4 is 5.73 Å². The Morgan fingerprint density at radius 1 is 1.69 bits per heavy atom. The Morgan fingerprint density at radius 2 is 2.46 bits per heavy atom. The van der Waals surface area contributed by atoms with E-state index in [-0.39, 0.29) is 12.6 Å². The SMILES string of the molecule is COCC(O)C(N)Cc1ccco1. The molecule has 4 nitrogen and oxygen atoms in total. The minimum atomic E-state index is -0.643. The molecule has 4 heteroatoms. The second kappa shape index (κ2) is 5.01. The Bertz CT molecular complexity index is 223. The minimum Gasteiger partial charge on any atom is -0.469 e. The molecular weight excluding hydrogens is 170 g/mol. The van der Waals surface area contributed by atoms with Gasteiger partial charge in [0.15, 0.2) is 0 Å². The summed E-state index contributed by atoms with van der Waals surface area (Å²) < 4.78 is 9.88. The van der Waals surface area contributed by atoms with Crippen LogP contribution in [0.2, 0.25) is 0 Å². The molecule has 0 spiro atoms. The number of hydrogen-bond acceptors (Lipinski definition) is 4. The second-order valence-electron chi connectivity index (χ2n) is 2.97. The molecule has 0 saturated carbocycles. The van der Waals surface area contributed by atoms with Crippen LogP contribution in [0.15, 0.2) is 22.8 Å². The van der Waals surface area contributed by atoms with Gasteiger partial charge in [0.2, 0.25) is 0 Å². The molecule has 1 aromatic rings. The third-order valence-electron chi connectivity index (χ3n) is 1.85. The molecule has 2 unspecified atom stereocenters. The summed E-state index contributed by atoms with van der Waals surface area (Å²) >= 11 is 0. The number of hydrogen-bond donors (Lipinski definition) is 2. The van der Waals surface area contributed by atoms with E-state index in [1.165, 1.54) is 7.11 Å². The van der Waals surface area contributed by atoms with Gasteiger partial charge in [0.1, 0.15) is 5.76 Å². The van der Waals surface area contributed by atoms with E-state index >= 15 is 0 Å². The van der Waals surface area contributed by atoms with Gasteiger partial charge in [-0.15, -0.1) is 0 Å². The molecule has 0 radical (unpaired) electrons. The van der Waals surface area contributed by atoms with Crippen molar-refractivity contribution in [3.05, 3.63) is 24.2 Å². The third kappa shape index (κ3) is 3.18. The van der Waals surface area contributed by atoms with E-state index in [9.17, 15) is 5.11 Å². The molecule has 0 saturated heterocycles. The summed E-state index contributed by atoms with van der Waals surface area (Å²) in [5, 5.41) is 9.42. The first-order chi connectivity index (χ1) is 6.24. The van der Waals surface area contributed by atoms with Gasteiger partial charge in [0, 0.05) is 19.6 Å². The first kappa shape index (κ1) is 10.2. The average Bonchev–Trinajstić information content (AvgIpc) is 2.57. The molecule has 0 aliphatic carbocycles. The number of ether oxygens (including phenoxy) is 1. The van der Waals surface area contributed by atoms with Crippen LogP contribution in [0.1, 0.15) is 5.76 Å². The molecule has 1 heterocycles. The lowest BCUT2D eigenvalue weighted by molar-refractivity contribution is 0.0469. The molecule has 0 fully saturated rings. The molecule has 3 N–H and O–H groups in total. The van der Waals surface area contributed by atoms with Crippen molar-refractivity contribution in [3.8, 4) is 0 Å². The van der Waals surface area contributed by atoms with E-state index < -0.39 is 6.10 Å². The highest BCUT2D eigenvalue weighted by Crippen LogP contribution is 2.05. The molecule has 0 aliphatic heterocycles. The Labute approximate surface area is 77.3 Å². The quantitative estimate of drug-likeness (QED) is 0.685. The topological polar surface area (TPSA) is 68.6 Å². The van der Waals surface area contributed by atoms with Crippen LogP contribution >= 0.6 is 0 Å². The highest BCUT2D eigenvalue weighted by atomic mass is 16.5. The van der Waals surface area contributed by atoms with Crippen molar-refractivity contribution in [2.45, 2.75) is 18.6 Å². The molecule has 2 atom stereocenters. The Morgan fingerprint density at radius 3 is 3.00 bits per heavy atom. The fourth-order valence-electron chi connectivity index (χ4n) is 1.09. The van der Waals surface area contributed by atoms with Crippen LogP contribution in [0.3, 0.4) is 0 Å². The molecule has 74 valence electrons. The van der Waals surface area contributed by atoms with Gasteiger partial charge in [-0.3, -0.25) is 0 Å². The first-order valence-corrected chi connectivity index (χ1v) is 4.19. The molecule has 0 bridgehead atoms. The maximum atomic E-state index is 9.42. The fourth-order valence-corrected chi connectivity index (χ4v) is 1.09. The van der Waals surface area contributed by atoms with Crippen molar-refractivity contribution in [3.63, 3.8) is 0 Å². The number of aliphatic hydroxyl groups is 1. The van der Waals surface area contributed by atoms with Gasteiger partial charge < -0.3 is 20.0 Å².